The summed E-state index contributed by atoms with van der Waals surface area (Å²) in [4.78, 5) is 0. The fourth-order valence-electron chi connectivity index (χ4n) is 3.55. The summed E-state index contributed by atoms with van der Waals surface area (Å²) in [6.45, 7) is 6.99. The maximum Gasteiger partial charge on any atom is 0.104 e. The highest BCUT2D eigenvalue weighted by Crippen LogP contribution is 2.15. The molecule has 0 saturated carbocycles. The molecule has 0 spiro atoms. The van der Waals surface area contributed by atoms with Crippen molar-refractivity contribution in [3.63, 3.8) is 0 Å². The van der Waals surface area contributed by atoms with Gasteiger partial charge < -0.3 is 4.48 Å². The van der Waals surface area contributed by atoms with E-state index in [1.807, 2.05) is 0 Å². The lowest BCUT2D eigenvalue weighted by Crippen LogP contribution is -2.39. The van der Waals surface area contributed by atoms with Crippen molar-refractivity contribution in [1.82, 2.24) is 0 Å². The van der Waals surface area contributed by atoms with Gasteiger partial charge in [-0.2, -0.15) is 0 Å². The van der Waals surface area contributed by atoms with Crippen LogP contribution >= 0.6 is 0 Å². The number of aryl methyl sites for hydroxylation is 1. The number of hydrogen-bond acceptors (Lipinski definition) is 0. The minimum absolute atomic E-state index is 1.12. The number of quaternary nitrogens is 1. The molecule has 1 aromatic carbocycles. The van der Waals surface area contributed by atoms with Gasteiger partial charge in [0, 0.05) is 5.56 Å². The summed E-state index contributed by atoms with van der Waals surface area (Å²) >= 11 is 0. The Bertz CT molecular complexity index is 422. The Morgan fingerprint density at radius 3 is 1.83 bits per heavy atom. The fourth-order valence-corrected chi connectivity index (χ4v) is 3.55. The van der Waals surface area contributed by atoms with Crippen molar-refractivity contribution in [2.45, 2.75) is 91.0 Å². The van der Waals surface area contributed by atoms with Gasteiger partial charge in [-0.25, -0.2) is 0 Å². The van der Waals surface area contributed by atoms with Crippen molar-refractivity contribution in [3.8, 4) is 0 Å². The molecule has 0 aliphatic rings. The Morgan fingerprint density at radius 1 is 0.708 bits per heavy atom. The van der Waals surface area contributed by atoms with Crippen LogP contribution in [0.15, 0.2) is 24.3 Å². The Morgan fingerprint density at radius 2 is 1.25 bits per heavy atom. The molecular weight excluding hydrogens is 290 g/mol. The number of benzene rings is 1. The Labute approximate surface area is 152 Å². The standard InChI is InChI=1S/C23H42N/c1-5-7-8-9-10-11-12-13-14-15-19-24(3,4)21-23-18-16-17-22(6-2)20-23/h16-18,20H,5-15,19,21H2,1-4H3/q+1. The summed E-state index contributed by atoms with van der Waals surface area (Å²) in [6, 6.07) is 9.14. The highest BCUT2D eigenvalue weighted by atomic mass is 15.3. The molecule has 1 nitrogen and oxygen atoms in total. The normalized spacial score (nSPS) is 11.8. The zero-order valence-corrected chi connectivity index (χ0v) is 16.9. The van der Waals surface area contributed by atoms with E-state index in [2.05, 4.69) is 52.2 Å². The summed E-state index contributed by atoms with van der Waals surface area (Å²) in [5, 5.41) is 0. The molecule has 0 saturated heterocycles. The lowest BCUT2D eigenvalue weighted by Gasteiger charge is -2.30. The van der Waals surface area contributed by atoms with Crippen LogP contribution in [0.5, 0.6) is 0 Å². The summed E-state index contributed by atoms with van der Waals surface area (Å²) in [5.74, 6) is 0. The maximum atomic E-state index is 2.39. The van der Waals surface area contributed by atoms with E-state index in [-0.39, 0.29) is 0 Å². The van der Waals surface area contributed by atoms with Crippen molar-refractivity contribution in [2.24, 2.45) is 0 Å². The van der Waals surface area contributed by atoms with Gasteiger partial charge in [-0.15, -0.1) is 0 Å². The van der Waals surface area contributed by atoms with Gasteiger partial charge >= 0.3 is 0 Å². The lowest BCUT2D eigenvalue weighted by molar-refractivity contribution is -0.903. The highest BCUT2D eigenvalue weighted by Gasteiger charge is 2.15. The van der Waals surface area contributed by atoms with Crippen LogP contribution in [0.1, 0.15) is 89.2 Å². The second-order valence-corrected chi connectivity index (χ2v) is 8.17. The molecule has 0 heterocycles. The monoisotopic (exact) mass is 332 g/mol. The summed E-state index contributed by atoms with van der Waals surface area (Å²) in [6.07, 6.45) is 15.4. The number of nitrogens with zero attached hydrogens (tertiary/aromatic N) is 1. The van der Waals surface area contributed by atoms with E-state index in [1.165, 1.54) is 81.9 Å². The fraction of sp³-hybridized carbons (Fsp3) is 0.739. The topological polar surface area (TPSA) is 0 Å². The van der Waals surface area contributed by atoms with E-state index in [0.29, 0.717) is 0 Å². The van der Waals surface area contributed by atoms with Crippen molar-refractivity contribution in [1.29, 1.82) is 0 Å². The number of unbranched alkanes of at least 4 members (excludes halogenated alkanes) is 9. The van der Waals surface area contributed by atoms with Gasteiger partial charge in [0.25, 0.3) is 0 Å². The molecule has 0 radical (unpaired) electrons. The van der Waals surface area contributed by atoms with E-state index in [1.54, 1.807) is 0 Å². The first-order valence-corrected chi connectivity index (χ1v) is 10.5. The zero-order valence-electron chi connectivity index (χ0n) is 16.9. The Hall–Kier alpha value is -0.820. The van der Waals surface area contributed by atoms with E-state index < -0.39 is 0 Å². The number of hydrogen-bond donors (Lipinski definition) is 0. The minimum Gasteiger partial charge on any atom is -0.325 e. The second kappa shape index (κ2) is 12.5. The quantitative estimate of drug-likeness (QED) is 0.261. The van der Waals surface area contributed by atoms with Crippen molar-refractivity contribution in [2.75, 3.05) is 20.6 Å². The van der Waals surface area contributed by atoms with Gasteiger partial charge in [-0.1, -0.05) is 89.5 Å². The van der Waals surface area contributed by atoms with Crippen LogP contribution in [0, 0.1) is 0 Å². The molecule has 0 N–H and O–H groups in total. The highest BCUT2D eigenvalue weighted by molar-refractivity contribution is 5.22. The molecule has 0 unspecified atom stereocenters. The average molecular weight is 333 g/mol. The average Bonchev–Trinajstić information content (AvgIpc) is 2.56. The van der Waals surface area contributed by atoms with Crippen molar-refractivity contribution in [3.05, 3.63) is 35.4 Å². The lowest BCUT2D eigenvalue weighted by atomic mass is 10.1. The zero-order chi connectivity index (χ0) is 17.7. The summed E-state index contributed by atoms with van der Waals surface area (Å²) in [5.41, 5.74) is 2.96. The third-order valence-electron chi connectivity index (χ3n) is 5.13. The first kappa shape index (κ1) is 21.2. The van der Waals surface area contributed by atoms with Crippen molar-refractivity contribution >= 4 is 0 Å². The molecule has 0 bridgehead atoms. The molecule has 24 heavy (non-hydrogen) atoms. The number of rotatable bonds is 14. The van der Waals surface area contributed by atoms with Crippen LogP contribution in [0.4, 0.5) is 0 Å². The molecule has 0 fully saturated rings. The summed E-state index contributed by atoms with van der Waals surface area (Å²) < 4.78 is 1.12. The molecule has 1 aromatic rings. The van der Waals surface area contributed by atoms with E-state index >= 15 is 0 Å². The first-order valence-electron chi connectivity index (χ1n) is 10.5. The molecule has 0 aliphatic carbocycles. The van der Waals surface area contributed by atoms with Gasteiger partial charge in [0.2, 0.25) is 0 Å². The predicted molar refractivity (Wildman–Crippen MR) is 108 cm³/mol. The third-order valence-corrected chi connectivity index (χ3v) is 5.13. The minimum atomic E-state index is 1.12. The summed E-state index contributed by atoms with van der Waals surface area (Å²) in [7, 11) is 4.76. The van der Waals surface area contributed by atoms with Crippen LogP contribution in [-0.2, 0) is 13.0 Å². The largest absolute Gasteiger partial charge is 0.325 e. The van der Waals surface area contributed by atoms with Crippen LogP contribution < -0.4 is 0 Å². The van der Waals surface area contributed by atoms with Gasteiger partial charge in [0.15, 0.2) is 0 Å². The Balaban J connectivity index is 2.10. The van der Waals surface area contributed by atoms with Gasteiger partial charge in [-0.3, -0.25) is 0 Å². The molecule has 0 aromatic heterocycles. The molecule has 0 amide bonds. The van der Waals surface area contributed by atoms with Gasteiger partial charge in [0.1, 0.15) is 6.54 Å². The molecular formula is C23H42N+. The van der Waals surface area contributed by atoms with E-state index in [9.17, 15) is 0 Å². The molecule has 0 aliphatic heterocycles. The maximum absolute atomic E-state index is 2.39. The predicted octanol–water partition coefficient (Wildman–Crippen LogP) is 6.75. The van der Waals surface area contributed by atoms with Crippen LogP contribution in [-0.4, -0.2) is 25.1 Å². The molecule has 1 rings (SSSR count). The van der Waals surface area contributed by atoms with Crippen LogP contribution in [0.2, 0.25) is 0 Å². The smallest absolute Gasteiger partial charge is 0.104 e. The second-order valence-electron chi connectivity index (χ2n) is 8.17. The molecule has 1 heteroatoms. The third kappa shape index (κ3) is 10.1. The van der Waals surface area contributed by atoms with E-state index in [0.717, 1.165) is 17.4 Å². The van der Waals surface area contributed by atoms with Crippen LogP contribution in [0.25, 0.3) is 0 Å². The Kier molecular flexibility index (Phi) is 11.1. The molecule has 0 atom stereocenters. The van der Waals surface area contributed by atoms with Crippen LogP contribution in [0.3, 0.4) is 0 Å². The van der Waals surface area contributed by atoms with Crippen molar-refractivity contribution < 1.29 is 4.48 Å². The van der Waals surface area contributed by atoms with Gasteiger partial charge in [0.05, 0.1) is 20.6 Å². The van der Waals surface area contributed by atoms with Gasteiger partial charge in [-0.05, 0) is 24.8 Å². The first-order chi connectivity index (χ1) is 11.6. The molecule has 138 valence electrons. The van der Waals surface area contributed by atoms with E-state index in [4.69, 9.17) is 0 Å². The SMILES string of the molecule is CCCCCCCCCCCC[N+](C)(C)Cc1cccc(CC)c1.